The van der Waals surface area contributed by atoms with Crippen LogP contribution in [0.3, 0.4) is 0 Å². The second-order valence-electron chi connectivity index (χ2n) is 12.5. The lowest BCUT2D eigenvalue weighted by Crippen LogP contribution is -2.70. The summed E-state index contributed by atoms with van der Waals surface area (Å²) in [7, 11) is 0. The zero-order chi connectivity index (χ0) is 23.6. The molecule has 4 heterocycles. The van der Waals surface area contributed by atoms with Gasteiger partial charge in [-0.05, 0) is 99.0 Å². The Bertz CT molecular complexity index is 983. The normalized spacial score (nSPS) is 39.8. The lowest BCUT2D eigenvalue weighted by atomic mass is 9.55. The number of para-hydroxylation sites is 2. The smallest absolute Gasteiger partial charge is 0.0637 e. The van der Waals surface area contributed by atoms with Gasteiger partial charge in [0.15, 0.2) is 0 Å². The van der Waals surface area contributed by atoms with Crippen LogP contribution in [-0.4, -0.2) is 48.3 Å². The van der Waals surface area contributed by atoms with E-state index in [0.29, 0.717) is 35.7 Å². The molecule has 0 bridgehead atoms. The molecule has 0 amide bonds. The first-order valence-electron chi connectivity index (χ1n) is 14.3. The molecule has 2 aromatic carbocycles. The molecule has 5 fully saturated rings. The van der Waals surface area contributed by atoms with Gasteiger partial charge in [-0.2, -0.15) is 0 Å². The standard InChI is InChI=1S/C31H42N4/c1-31(2)25-15-9-18-33-30(25)35-27-16-10-17-32-28(27)24-19-23(20-26(31)29(24)35)34(21-11-5-3-6-12-21)22-13-7-4-8-14-22/h3-8,11-14,23-30,32-33H,9-10,15-20H2,1-2H3. The van der Waals surface area contributed by atoms with E-state index in [1.165, 1.54) is 63.0 Å². The number of nitrogens with one attached hydrogen (secondary N) is 2. The fraction of sp³-hybridized carbons (Fsp3) is 0.613. The molecule has 2 aromatic rings. The minimum Gasteiger partial charge on any atom is -0.338 e. The molecule has 7 rings (SSSR count). The number of nitrogens with zero attached hydrogens (tertiary/aromatic N) is 2. The maximum Gasteiger partial charge on any atom is 0.0637 e. The topological polar surface area (TPSA) is 30.5 Å². The molecule has 4 saturated heterocycles. The van der Waals surface area contributed by atoms with Crippen LogP contribution in [0.4, 0.5) is 11.4 Å². The van der Waals surface area contributed by atoms with Crippen LogP contribution in [-0.2, 0) is 0 Å². The maximum atomic E-state index is 4.07. The van der Waals surface area contributed by atoms with E-state index >= 15 is 0 Å². The number of anilines is 2. The SMILES string of the molecule is CC1(C)C2CCCNC2N2C3CCCNC3C3CC(N(c4ccccc4)c4ccccc4)CC1C32. The van der Waals surface area contributed by atoms with Gasteiger partial charge in [-0.15, -0.1) is 0 Å². The van der Waals surface area contributed by atoms with E-state index < -0.39 is 0 Å². The summed E-state index contributed by atoms with van der Waals surface area (Å²) >= 11 is 0. The van der Waals surface area contributed by atoms with E-state index in [0.717, 1.165) is 17.8 Å². The average Bonchev–Trinajstić information content (AvgIpc) is 3.24. The van der Waals surface area contributed by atoms with Gasteiger partial charge in [-0.1, -0.05) is 50.2 Å². The maximum absolute atomic E-state index is 4.07. The number of piperidine rings is 3. The highest BCUT2D eigenvalue weighted by Gasteiger charge is 2.65. The largest absolute Gasteiger partial charge is 0.338 e. The van der Waals surface area contributed by atoms with E-state index in [1.54, 1.807) is 0 Å². The molecule has 0 radical (unpaired) electrons. The van der Waals surface area contributed by atoms with Gasteiger partial charge < -0.3 is 15.5 Å². The van der Waals surface area contributed by atoms with Crippen molar-refractivity contribution in [2.75, 3.05) is 18.0 Å². The fourth-order valence-electron chi connectivity index (χ4n) is 9.29. The van der Waals surface area contributed by atoms with Crippen molar-refractivity contribution in [2.24, 2.45) is 23.2 Å². The van der Waals surface area contributed by atoms with Crippen molar-refractivity contribution in [3.63, 3.8) is 0 Å². The molecule has 2 N–H and O–H groups in total. The summed E-state index contributed by atoms with van der Waals surface area (Å²) in [6.45, 7) is 7.65. The van der Waals surface area contributed by atoms with Crippen molar-refractivity contribution in [1.29, 1.82) is 0 Å². The Kier molecular flexibility index (Phi) is 5.49. The van der Waals surface area contributed by atoms with Crippen LogP contribution in [0.5, 0.6) is 0 Å². The summed E-state index contributed by atoms with van der Waals surface area (Å²) in [6.07, 6.45) is 8.55. The molecule has 0 aromatic heterocycles. The number of benzene rings is 2. The van der Waals surface area contributed by atoms with Crippen LogP contribution in [0.25, 0.3) is 0 Å². The van der Waals surface area contributed by atoms with Gasteiger partial charge in [-0.25, -0.2) is 0 Å². The van der Waals surface area contributed by atoms with Crippen LogP contribution in [0, 0.1) is 23.2 Å². The monoisotopic (exact) mass is 470 g/mol. The zero-order valence-corrected chi connectivity index (χ0v) is 21.4. The summed E-state index contributed by atoms with van der Waals surface area (Å²) in [4.78, 5) is 5.74. The van der Waals surface area contributed by atoms with E-state index in [-0.39, 0.29) is 0 Å². The molecule has 4 nitrogen and oxygen atoms in total. The van der Waals surface area contributed by atoms with Crippen molar-refractivity contribution in [3.8, 4) is 0 Å². The third-order valence-electron chi connectivity index (χ3n) is 10.7. The van der Waals surface area contributed by atoms with Crippen molar-refractivity contribution < 1.29 is 0 Å². The van der Waals surface area contributed by atoms with Gasteiger partial charge >= 0.3 is 0 Å². The first kappa shape index (κ1) is 22.3. The Morgan fingerprint density at radius 1 is 0.800 bits per heavy atom. The highest BCUT2D eigenvalue weighted by Crippen LogP contribution is 2.60. The first-order chi connectivity index (χ1) is 17.1. The third-order valence-corrected chi connectivity index (χ3v) is 10.7. The predicted octanol–water partition coefficient (Wildman–Crippen LogP) is 5.39. The van der Waals surface area contributed by atoms with Gasteiger partial charge in [0.2, 0.25) is 0 Å². The van der Waals surface area contributed by atoms with Crippen molar-refractivity contribution in [3.05, 3.63) is 60.7 Å². The average molecular weight is 471 g/mol. The van der Waals surface area contributed by atoms with Crippen LogP contribution in [0.15, 0.2) is 60.7 Å². The molecular weight excluding hydrogens is 428 g/mol. The molecular formula is C31H42N4. The van der Waals surface area contributed by atoms with Gasteiger partial charge in [0.1, 0.15) is 0 Å². The quantitative estimate of drug-likeness (QED) is 0.630. The van der Waals surface area contributed by atoms with Crippen LogP contribution >= 0.6 is 0 Å². The summed E-state index contributed by atoms with van der Waals surface area (Å²) < 4.78 is 0. The van der Waals surface area contributed by atoms with Gasteiger partial charge in [-0.3, -0.25) is 4.90 Å². The summed E-state index contributed by atoms with van der Waals surface area (Å²) in [5.74, 6) is 2.21. The Balaban J connectivity index is 1.32. The molecule has 5 aliphatic rings. The lowest BCUT2D eigenvalue weighted by molar-refractivity contribution is -0.132. The Labute approximate surface area is 211 Å². The molecule has 4 aliphatic heterocycles. The van der Waals surface area contributed by atoms with Crippen molar-refractivity contribution in [1.82, 2.24) is 15.5 Å². The minimum absolute atomic E-state index is 0.350. The Morgan fingerprint density at radius 3 is 2.17 bits per heavy atom. The molecule has 4 heteroatoms. The summed E-state index contributed by atoms with van der Waals surface area (Å²) in [6, 6.07) is 25.0. The van der Waals surface area contributed by atoms with Crippen molar-refractivity contribution >= 4 is 11.4 Å². The van der Waals surface area contributed by atoms with Gasteiger partial charge in [0.05, 0.1) is 6.17 Å². The Morgan fingerprint density at radius 2 is 1.46 bits per heavy atom. The molecule has 35 heavy (non-hydrogen) atoms. The number of fused-ring (bicyclic) bond motifs is 5. The number of hydrogen-bond acceptors (Lipinski definition) is 4. The molecule has 1 aliphatic carbocycles. The number of rotatable bonds is 3. The first-order valence-corrected chi connectivity index (χ1v) is 14.3. The predicted molar refractivity (Wildman–Crippen MR) is 144 cm³/mol. The van der Waals surface area contributed by atoms with E-state index in [4.69, 9.17) is 0 Å². The van der Waals surface area contributed by atoms with Crippen LogP contribution in [0.2, 0.25) is 0 Å². The fourth-order valence-corrected chi connectivity index (χ4v) is 9.29. The zero-order valence-electron chi connectivity index (χ0n) is 21.4. The van der Waals surface area contributed by atoms with Crippen LogP contribution in [0.1, 0.15) is 52.4 Å². The van der Waals surface area contributed by atoms with E-state index in [1.807, 2.05) is 0 Å². The second-order valence-corrected chi connectivity index (χ2v) is 12.5. The highest BCUT2D eigenvalue weighted by atomic mass is 15.4. The molecule has 0 spiro atoms. The number of hydrogen-bond donors (Lipinski definition) is 2. The van der Waals surface area contributed by atoms with Crippen LogP contribution < -0.4 is 15.5 Å². The molecule has 1 saturated carbocycles. The summed E-state index contributed by atoms with van der Waals surface area (Å²) in [5.41, 5.74) is 3.04. The van der Waals surface area contributed by atoms with Crippen molar-refractivity contribution in [2.45, 2.75) is 82.7 Å². The van der Waals surface area contributed by atoms with Gasteiger partial charge in [0.25, 0.3) is 0 Å². The molecule has 8 atom stereocenters. The Hall–Kier alpha value is -1.88. The third kappa shape index (κ3) is 3.43. The summed E-state index contributed by atoms with van der Waals surface area (Å²) in [5, 5.41) is 8.11. The molecule has 186 valence electrons. The second kappa shape index (κ2) is 8.61. The van der Waals surface area contributed by atoms with E-state index in [9.17, 15) is 0 Å². The molecule has 8 unspecified atom stereocenters. The highest BCUT2D eigenvalue weighted by molar-refractivity contribution is 5.64. The van der Waals surface area contributed by atoms with E-state index in [2.05, 4.69) is 94.9 Å². The van der Waals surface area contributed by atoms with Gasteiger partial charge in [0, 0.05) is 35.5 Å². The lowest BCUT2D eigenvalue weighted by Gasteiger charge is -2.62. The minimum atomic E-state index is 0.350.